The molecule has 0 saturated heterocycles. The second-order valence-electron chi connectivity index (χ2n) is 7.71. The maximum absolute atomic E-state index is 12.9. The minimum atomic E-state index is -0.530. The van der Waals surface area contributed by atoms with E-state index in [1.54, 1.807) is 18.2 Å². The van der Waals surface area contributed by atoms with Crippen molar-refractivity contribution in [3.8, 4) is 22.5 Å². The Morgan fingerprint density at radius 3 is 2.61 bits per heavy atom. The Kier molecular flexibility index (Phi) is 8.25. The molecule has 1 N–H and O–H groups in total. The molecule has 2 aromatic heterocycles. The number of allylic oxidation sites excluding steroid dienone is 1. The molecule has 2 aromatic carbocycles. The van der Waals surface area contributed by atoms with Crippen LogP contribution in [0.25, 0.3) is 22.5 Å². The third kappa shape index (κ3) is 5.53. The number of thioether (sulfide) groups is 1. The van der Waals surface area contributed by atoms with Crippen molar-refractivity contribution < 1.29 is 14.3 Å². The molecule has 0 aliphatic heterocycles. The lowest BCUT2D eigenvalue weighted by molar-refractivity contribution is -0.113. The topological polar surface area (TPSA) is 86.1 Å². The van der Waals surface area contributed by atoms with Gasteiger partial charge in [0, 0.05) is 28.1 Å². The highest BCUT2D eigenvalue weighted by Gasteiger charge is 2.23. The zero-order valence-corrected chi connectivity index (χ0v) is 22.0. The number of hydrogen-bond donors (Lipinski definition) is 1. The molecular weight excluding hydrogens is 516 g/mol. The average molecular weight is 539 g/mol. The van der Waals surface area contributed by atoms with Gasteiger partial charge in [-0.1, -0.05) is 65.8 Å². The summed E-state index contributed by atoms with van der Waals surface area (Å²) < 4.78 is 6.91. The molecule has 4 rings (SSSR count). The van der Waals surface area contributed by atoms with E-state index in [9.17, 15) is 9.59 Å². The molecule has 184 valence electrons. The SMILES string of the molecule is C=CCn1c(SCC(=O)Nc2scc(-c3ccc(Cl)cc3)c2C(=O)OC)nnc1-c1ccccc1C. The van der Waals surface area contributed by atoms with Gasteiger partial charge in [-0.3, -0.25) is 9.36 Å². The van der Waals surface area contributed by atoms with Gasteiger partial charge in [0.25, 0.3) is 0 Å². The van der Waals surface area contributed by atoms with Crippen LogP contribution in [-0.2, 0) is 16.1 Å². The van der Waals surface area contributed by atoms with Gasteiger partial charge in [-0.05, 0) is 30.2 Å². The van der Waals surface area contributed by atoms with Crippen molar-refractivity contribution in [1.82, 2.24) is 14.8 Å². The van der Waals surface area contributed by atoms with E-state index in [4.69, 9.17) is 16.3 Å². The van der Waals surface area contributed by atoms with Crippen LogP contribution in [0.1, 0.15) is 15.9 Å². The second kappa shape index (κ2) is 11.6. The number of methoxy groups -OCH3 is 1. The fraction of sp³-hybridized carbons (Fsp3) is 0.154. The molecule has 0 bridgehead atoms. The summed E-state index contributed by atoms with van der Waals surface area (Å²) in [6.07, 6.45) is 1.77. The lowest BCUT2D eigenvalue weighted by atomic mass is 10.0. The summed E-state index contributed by atoms with van der Waals surface area (Å²) in [5, 5.41) is 14.9. The maximum atomic E-state index is 12.9. The number of aryl methyl sites for hydroxylation is 1. The zero-order valence-electron chi connectivity index (χ0n) is 19.7. The zero-order chi connectivity index (χ0) is 25.7. The third-order valence-corrected chi connectivity index (χ3v) is 7.45. The van der Waals surface area contributed by atoms with E-state index in [1.807, 2.05) is 53.3 Å². The molecule has 0 radical (unpaired) electrons. The lowest BCUT2D eigenvalue weighted by Gasteiger charge is -2.10. The molecule has 0 aliphatic carbocycles. The number of carbonyl (C=O) groups excluding carboxylic acids is 2. The molecule has 0 atom stereocenters. The number of aromatic nitrogens is 3. The number of nitrogens with one attached hydrogen (secondary N) is 1. The monoisotopic (exact) mass is 538 g/mol. The Balaban J connectivity index is 1.53. The van der Waals surface area contributed by atoms with Crippen LogP contribution in [0.4, 0.5) is 5.00 Å². The predicted octanol–water partition coefficient (Wildman–Crippen LogP) is 6.34. The molecule has 2 heterocycles. The van der Waals surface area contributed by atoms with E-state index >= 15 is 0 Å². The molecule has 7 nitrogen and oxygen atoms in total. The number of anilines is 1. The van der Waals surface area contributed by atoms with Crippen molar-refractivity contribution in [2.24, 2.45) is 0 Å². The largest absolute Gasteiger partial charge is 0.465 e. The highest BCUT2D eigenvalue weighted by atomic mass is 35.5. The summed E-state index contributed by atoms with van der Waals surface area (Å²) in [4.78, 5) is 25.4. The Morgan fingerprint density at radius 2 is 1.92 bits per heavy atom. The minimum absolute atomic E-state index is 0.0812. The van der Waals surface area contributed by atoms with Gasteiger partial charge in [0.2, 0.25) is 5.91 Å². The fourth-order valence-electron chi connectivity index (χ4n) is 3.60. The molecule has 0 fully saturated rings. The van der Waals surface area contributed by atoms with Crippen molar-refractivity contribution >= 4 is 51.6 Å². The number of esters is 1. The van der Waals surface area contributed by atoms with E-state index in [0.717, 1.165) is 22.5 Å². The first-order chi connectivity index (χ1) is 17.4. The minimum Gasteiger partial charge on any atom is -0.465 e. The standard InChI is InChI=1S/C26H23ClN4O3S2/c1-4-13-31-23(19-8-6-5-7-16(19)2)29-30-26(31)36-15-21(32)28-24-22(25(33)34-3)20(14-35-24)17-9-11-18(27)12-10-17/h4-12,14H,1,13,15H2,2-3H3,(H,28,32). The number of halogens is 1. The summed E-state index contributed by atoms with van der Waals surface area (Å²) in [7, 11) is 1.31. The molecule has 0 saturated carbocycles. The van der Waals surface area contributed by atoms with Gasteiger partial charge in [-0.25, -0.2) is 4.79 Å². The highest BCUT2D eigenvalue weighted by Crippen LogP contribution is 2.37. The Hall–Kier alpha value is -3.40. The molecule has 0 unspecified atom stereocenters. The number of rotatable bonds is 9. The van der Waals surface area contributed by atoms with Gasteiger partial charge in [0.1, 0.15) is 10.6 Å². The number of thiophene rings is 1. The number of carbonyl (C=O) groups is 2. The average Bonchev–Trinajstić information content (AvgIpc) is 3.47. The highest BCUT2D eigenvalue weighted by molar-refractivity contribution is 7.99. The molecule has 1 amide bonds. The van der Waals surface area contributed by atoms with Gasteiger partial charge in [0.05, 0.1) is 12.9 Å². The quantitative estimate of drug-likeness (QED) is 0.152. The first-order valence-corrected chi connectivity index (χ1v) is 13.2. The van der Waals surface area contributed by atoms with Gasteiger partial charge in [-0.2, -0.15) is 0 Å². The Bertz CT molecular complexity index is 1410. The number of amides is 1. The molecular formula is C26H23ClN4O3S2. The smallest absolute Gasteiger partial charge is 0.341 e. The second-order valence-corrected chi connectivity index (χ2v) is 9.97. The van der Waals surface area contributed by atoms with Crippen molar-refractivity contribution in [2.75, 3.05) is 18.2 Å². The molecule has 36 heavy (non-hydrogen) atoms. The summed E-state index contributed by atoms with van der Waals surface area (Å²) in [5.41, 5.74) is 3.82. The number of nitrogens with zero attached hydrogens (tertiary/aromatic N) is 3. The van der Waals surface area contributed by atoms with Crippen LogP contribution in [0.15, 0.2) is 71.7 Å². The van der Waals surface area contributed by atoms with Crippen LogP contribution >= 0.6 is 34.7 Å². The summed E-state index contributed by atoms with van der Waals surface area (Å²) in [6.45, 7) is 6.35. The first-order valence-electron chi connectivity index (χ1n) is 10.9. The van der Waals surface area contributed by atoms with Crippen LogP contribution in [0.5, 0.6) is 0 Å². The normalized spacial score (nSPS) is 10.8. The van der Waals surface area contributed by atoms with Crippen molar-refractivity contribution in [3.05, 3.63) is 82.7 Å². The van der Waals surface area contributed by atoms with E-state index in [1.165, 1.54) is 30.2 Å². The molecule has 0 aliphatic rings. The first kappa shape index (κ1) is 25.7. The van der Waals surface area contributed by atoms with E-state index in [2.05, 4.69) is 22.1 Å². The summed E-state index contributed by atoms with van der Waals surface area (Å²) in [6, 6.07) is 15.0. The van der Waals surface area contributed by atoms with Crippen molar-refractivity contribution in [1.29, 1.82) is 0 Å². The summed E-state index contributed by atoms with van der Waals surface area (Å²) in [5.74, 6) is -0.00885. The maximum Gasteiger partial charge on any atom is 0.341 e. The Labute approximate surface area is 222 Å². The molecule has 4 aromatic rings. The Morgan fingerprint density at radius 1 is 1.17 bits per heavy atom. The number of hydrogen-bond acceptors (Lipinski definition) is 7. The van der Waals surface area contributed by atoms with Crippen LogP contribution < -0.4 is 5.32 Å². The van der Waals surface area contributed by atoms with E-state index in [0.29, 0.717) is 32.9 Å². The van der Waals surface area contributed by atoms with Gasteiger partial charge < -0.3 is 10.1 Å². The van der Waals surface area contributed by atoms with Crippen LogP contribution in [0.3, 0.4) is 0 Å². The molecule has 10 heteroatoms. The molecule has 0 spiro atoms. The van der Waals surface area contributed by atoms with Gasteiger partial charge in [-0.15, -0.1) is 28.1 Å². The van der Waals surface area contributed by atoms with Gasteiger partial charge >= 0.3 is 5.97 Å². The van der Waals surface area contributed by atoms with E-state index < -0.39 is 5.97 Å². The van der Waals surface area contributed by atoms with Gasteiger partial charge in [0.15, 0.2) is 11.0 Å². The number of ether oxygens (including phenoxy) is 1. The lowest BCUT2D eigenvalue weighted by Crippen LogP contribution is -2.16. The number of benzene rings is 2. The van der Waals surface area contributed by atoms with Crippen LogP contribution in [0, 0.1) is 6.92 Å². The van der Waals surface area contributed by atoms with E-state index in [-0.39, 0.29) is 11.7 Å². The van der Waals surface area contributed by atoms with Crippen LogP contribution in [0.2, 0.25) is 5.02 Å². The summed E-state index contributed by atoms with van der Waals surface area (Å²) >= 11 is 8.52. The van der Waals surface area contributed by atoms with Crippen molar-refractivity contribution in [3.63, 3.8) is 0 Å². The fourth-order valence-corrected chi connectivity index (χ4v) is 5.45. The predicted molar refractivity (Wildman–Crippen MR) is 146 cm³/mol. The third-order valence-electron chi connectivity index (χ3n) is 5.34. The van der Waals surface area contributed by atoms with Crippen molar-refractivity contribution in [2.45, 2.75) is 18.6 Å². The van der Waals surface area contributed by atoms with Crippen LogP contribution in [-0.4, -0.2) is 39.5 Å².